The van der Waals surface area contributed by atoms with Gasteiger partial charge in [-0.15, -0.1) is 0 Å². The standard InChI is InChI=1S/C32H31ClF6O3/c1-5-29(6-2,24-10-9-21(19(3)15-24)13-14-30(42,31(34,35)36)32(37,38)39)25-11-12-26(20(4)16-25)22-7-8-23(18-28(40)41)27(33)17-22/h7-17,42H,5-6,18H2,1-4H3,(H,40,41)/b14-13+. The van der Waals surface area contributed by atoms with Crippen LogP contribution < -0.4 is 0 Å². The highest BCUT2D eigenvalue weighted by molar-refractivity contribution is 6.31. The van der Waals surface area contributed by atoms with E-state index in [-0.39, 0.29) is 18.1 Å². The maximum atomic E-state index is 13.1. The van der Waals surface area contributed by atoms with Gasteiger partial charge in [-0.2, -0.15) is 26.3 Å². The van der Waals surface area contributed by atoms with Crippen molar-refractivity contribution in [3.8, 4) is 11.1 Å². The molecule has 0 radical (unpaired) electrons. The van der Waals surface area contributed by atoms with Crippen LogP contribution in [-0.2, 0) is 16.6 Å². The van der Waals surface area contributed by atoms with Crippen LogP contribution in [-0.4, -0.2) is 34.1 Å². The zero-order valence-electron chi connectivity index (χ0n) is 23.4. The summed E-state index contributed by atoms with van der Waals surface area (Å²) in [5.41, 5.74) is 0.0887. The van der Waals surface area contributed by atoms with Crippen molar-refractivity contribution in [2.45, 2.75) is 70.3 Å². The summed E-state index contributed by atoms with van der Waals surface area (Å²) in [6, 6.07) is 16.1. The molecule has 0 aliphatic heterocycles. The smallest absolute Gasteiger partial charge is 0.430 e. The molecule has 0 aromatic heterocycles. The third kappa shape index (κ3) is 6.37. The molecule has 0 fully saturated rings. The van der Waals surface area contributed by atoms with Crippen molar-refractivity contribution in [1.29, 1.82) is 0 Å². The maximum absolute atomic E-state index is 13.1. The lowest BCUT2D eigenvalue weighted by molar-refractivity contribution is -0.347. The van der Waals surface area contributed by atoms with Crippen LogP contribution in [0, 0.1) is 13.8 Å². The number of carbonyl (C=O) groups is 1. The fraction of sp³-hybridized carbons (Fsp3) is 0.344. The SMILES string of the molecule is CCC(CC)(c1ccc(/C=C/C(O)(C(F)(F)F)C(F)(F)F)c(C)c1)c1ccc(-c2ccc(CC(=O)O)c(Cl)c2)c(C)c1. The molecule has 42 heavy (non-hydrogen) atoms. The number of rotatable bonds is 9. The van der Waals surface area contributed by atoms with Crippen molar-refractivity contribution in [1.82, 2.24) is 0 Å². The summed E-state index contributed by atoms with van der Waals surface area (Å²) in [5.74, 6) is -0.982. The van der Waals surface area contributed by atoms with E-state index in [1.54, 1.807) is 31.2 Å². The number of benzene rings is 3. The van der Waals surface area contributed by atoms with Crippen molar-refractivity contribution in [3.05, 3.63) is 99.1 Å². The van der Waals surface area contributed by atoms with Crippen molar-refractivity contribution >= 4 is 23.6 Å². The first-order chi connectivity index (χ1) is 19.4. The molecular weight excluding hydrogens is 582 g/mol. The second kappa shape index (κ2) is 12.1. The fourth-order valence-corrected chi connectivity index (χ4v) is 5.51. The maximum Gasteiger partial charge on any atom is 0.430 e. The normalized spacial score (nSPS) is 13.1. The highest BCUT2D eigenvalue weighted by Gasteiger charge is 2.68. The Balaban J connectivity index is 2.01. The molecule has 0 bridgehead atoms. The summed E-state index contributed by atoms with van der Waals surface area (Å²) < 4.78 is 78.6. The number of aryl methyl sites for hydroxylation is 2. The molecule has 3 rings (SSSR count). The Kier molecular flexibility index (Phi) is 9.59. The third-order valence-electron chi connectivity index (χ3n) is 7.88. The number of hydrogen-bond acceptors (Lipinski definition) is 2. The average Bonchev–Trinajstić information content (AvgIpc) is 2.89. The summed E-state index contributed by atoms with van der Waals surface area (Å²) in [6.45, 7) is 7.54. The molecule has 3 aromatic rings. The molecule has 0 aliphatic rings. The number of carboxylic acid groups (broad SMARTS) is 1. The molecular formula is C32H31ClF6O3. The topological polar surface area (TPSA) is 57.5 Å². The van der Waals surface area contributed by atoms with Crippen LogP contribution in [0.1, 0.15) is 60.1 Å². The Hall–Kier alpha value is -3.30. The van der Waals surface area contributed by atoms with Crippen molar-refractivity contribution in [2.24, 2.45) is 0 Å². The first-order valence-electron chi connectivity index (χ1n) is 13.2. The van der Waals surface area contributed by atoms with Crippen molar-refractivity contribution < 1.29 is 41.4 Å². The van der Waals surface area contributed by atoms with Crippen LogP contribution in [0.3, 0.4) is 0 Å². The van der Waals surface area contributed by atoms with Crippen molar-refractivity contribution in [3.63, 3.8) is 0 Å². The molecule has 0 saturated carbocycles. The zero-order valence-corrected chi connectivity index (χ0v) is 24.2. The highest BCUT2D eigenvalue weighted by atomic mass is 35.5. The number of carboxylic acids is 1. The second-order valence-corrected chi connectivity index (χ2v) is 10.8. The molecule has 0 heterocycles. The molecule has 0 amide bonds. The van der Waals surface area contributed by atoms with Gasteiger partial charge >= 0.3 is 18.3 Å². The molecule has 3 nitrogen and oxygen atoms in total. The number of aliphatic carboxylic acids is 1. The predicted molar refractivity (Wildman–Crippen MR) is 152 cm³/mol. The fourth-order valence-electron chi connectivity index (χ4n) is 5.26. The quantitative estimate of drug-likeness (QED) is 0.237. The summed E-state index contributed by atoms with van der Waals surface area (Å²) in [4.78, 5) is 11.1. The van der Waals surface area contributed by atoms with Crippen molar-refractivity contribution in [2.75, 3.05) is 0 Å². The second-order valence-electron chi connectivity index (χ2n) is 10.4. The van der Waals surface area contributed by atoms with Crippen LogP contribution in [0.15, 0.2) is 60.7 Å². The molecule has 10 heteroatoms. The minimum absolute atomic E-state index is 0.113. The van der Waals surface area contributed by atoms with Gasteiger partial charge in [0.2, 0.25) is 0 Å². The van der Waals surface area contributed by atoms with Gasteiger partial charge in [0.1, 0.15) is 0 Å². The van der Waals surface area contributed by atoms with E-state index in [4.69, 9.17) is 16.7 Å². The minimum Gasteiger partial charge on any atom is -0.481 e. The molecule has 226 valence electrons. The predicted octanol–water partition coefficient (Wildman–Crippen LogP) is 9.23. The monoisotopic (exact) mass is 612 g/mol. The van der Waals surface area contributed by atoms with Crippen LogP contribution in [0.5, 0.6) is 0 Å². The first kappa shape index (κ1) is 33.2. The number of alkyl halides is 6. The van der Waals surface area contributed by atoms with E-state index < -0.39 is 29.3 Å². The summed E-state index contributed by atoms with van der Waals surface area (Å²) in [5, 5.41) is 18.9. The van der Waals surface area contributed by atoms with Crippen LogP contribution >= 0.6 is 11.6 Å². The van der Waals surface area contributed by atoms with Gasteiger partial charge in [0.15, 0.2) is 0 Å². The lowest BCUT2D eigenvalue weighted by Gasteiger charge is -2.34. The first-order valence-corrected chi connectivity index (χ1v) is 13.6. The van der Waals surface area contributed by atoms with Gasteiger partial charge in [-0.3, -0.25) is 4.79 Å². The van der Waals surface area contributed by atoms with E-state index in [9.17, 15) is 36.2 Å². The Bertz CT molecular complexity index is 1470. The number of aliphatic hydroxyl groups is 1. The van der Waals surface area contributed by atoms with Gasteiger partial charge in [-0.25, -0.2) is 0 Å². The minimum atomic E-state index is -5.94. The van der Waals surface area contributed by atoms with E-state index in [2.05, 4.69) is 0 Å². The summed E-state index contributed by atoms with van der Waals surface area (Å²) in [6.07, 6.45) is -10.4. The Morgan fingerprint density at radius 3 is 1.83 bits per heavy atom. The van der Waals surface area contributed by atoms with Gasteiger partial charge in [0, 0.05) is 10.4 Å². The van der Waals surface area contributed by atoms with E-state index >= 15 is 0 Å². The van der Waals surface area contributed by atoms with Gasteiger partial charge < -0.3 is 10.2 Å². The Labute approximate surface area is 245 Å². The number of hydrogen-bond donors (Lipinski definition) is 2. The average molecular weight is 613 g/mol. The molecule has 0 spiro atoms. The molecule has 3 aromatic carbocycles. The lowest BCUT2D eigenvalue weighted by atomic mass is 9.69. The molecule has 2 N–H and O–H groups in total. The molecule has 0 unspecified atom stereocenters. The van der Waals surface area contributed by atoms with Gasteiger partial charge in [-0.05, 0) is 83.3 Å². The van der Waals surface area contributed by atoms with E-state index in [0.29, 0.717) is 35.1 Å². The third-order valence-corrected chi connectivity index (χ3v) is 8.23. The van der Waals surface area contributed by atoms with Gasteiger partial charge in [-0.1, -0.05) is 80.1 Å². The van der Waals surface area contributed by atoms with Crippen LogP contribution in [0.25, 0.3) is 17.2 Å². The molecule has 0 atom stereocenters. The summed E-state index contributed by atoms with van der Waals surface area (Å²) >= 11 is 6.33. The van der Waals surface area contributed by atoms with Crippen LogP contribution in [0.4, 0.5) is 26.3 Å². The highest BCUT2D eigenvalue weighted by Crippen LogP contribution is 2.45. The van der Waals surface area contributed by atoms with E-state index in [0.717, 1.165) is 27.8 Å². The molecule has 0 saturated heterocycles. The van der Waals surface area contributed by atoms with Gasteiger partial charge in [0.05, 0.1) is 6.42 Å². The van der Waals surface area contributed by atoms with Crippen LogP contribution in [0.2, 0.25) is 5.02 Å². The lowest BCUT2D eigenvalue weighted by Crippen LogP contribution is -2.55. The van der Waals surface area contributed by atoms with E-state index in [1.165, 1.54) is 6.07 Å². The summed E-state index contributed by atoms with van der Waals surface area (Å²) in [7, 11) is 0. The van der Waals surface area contributed by atoms with E-state index in [1.807, 2.05) is 45.0 Å². The zero-order chi connectivity index (χ0) is 31.7. The Morgan fingerprint density at radius 1 is 0.833 bits per heavy atom. The molecule has 0 aliphatic carbocycles. The van der Waals surface area contributed by atoms with Gasteiger partial charge in [0.25, 0.3) is 5.60 Å². The Morgan fingerprint density at radius 2 is 1.38 bits per heavy atom. The number of halogens is 7. The largest absolute Gasteiger partial charge is 0.481 e.